The van der Waals surface area contributed by atoms with Gasteiger partial charge in [0.05, 0.1) is 22.4 Å². The molecular formula is C30H28ClF2N5O. The molecule has 0 aliphatic rings. The minimum absolute atomic E-state index is 0.0415. The van der Waals surface area contributed by atoms with Crippen molar-refractivity contribution in [1.82, 2.24) is 25.0 Å². The molecule has 3 heterocycles. The third-order valence-electron chi connectivity index (χ3n) is 7.18. The first-order chi connectivity index (χ1) is 18.4. The van der Waals surface area contributed by atoms with Gasteiger partial charge < -0.3 is 5.11 Å². The van der Waals surface area contributed by atoms with E-state index < -0.39 is 11.5 Å². The molecule has 5 aromatic rings. The van der Waals surface area contributed by atoms with Crippen LogP contribution in [-0.4, -0.2) is 30.1 Å². The van der Waals surface area contributed by atoms with Crippen LogP contribution in [0.25, 0.3) is 10.9 Å². The molecule has 2 aromatic carbocycles. The van der Waals surface area contributed by atoms with E-state index in [1.807, 2.05) is 51.1 Å². The molecule has 0 spiro atoms. The molecule has 0 saturated carbocycles. The summed E-state index contributed by atoms with van der Waals surface area (Å²) in [5.74, 6) is -2.90. The highest BCUT2D eigenvalue weighted by Gasteiger charge is 2.39. The molecule has 39 heavy (non-hydrogen) atoms. The third-order valence-corrected chi connectivity index (χ3v) is 7.61. The van der Waals surface area contributed by atoms with Crippen LogP contribution in [0, 0.1) is 20.8 Å². The van der Waals surface area contributed by atoms with Crippen molar-refractivity contribution in [3.8, 4) is 0 Å². The zero-order valence-corrected chi connectivity index (χ0v) is 23.1. The molecule has 3 aromatic heterocycles. The van der Waals surface area contributed by atoms with Crippen molar-refractivity contribution in [3.63, 3.8) is 0 Å². The number of benzene rings is 2. The van der Waals surface area contributed by atoms with Gasteiger partial charge in [0.25, 0.3) is 5.92 Å². The van der Waals surface area contributed by atoms with Gasteiger partial charge in [0.2, 0.25) is 0 Å². The molecule has 0 radical (unpaired) electrons. The fourth-order valence-corrected chi connectivity index (χ4v) is 5.41. The fraction of sp³-hybridized carbons (Fsp3) is 0.267. The highest BCUT2D eigenvalue weighted by Crippen LogP contribution is 2.40. The average Bonchev–Trinajstić information content (AvgIpc) is 3.32. The number of hydrogen-bond acceptors (Lipinski definition) is 5. The normalized spacial score (nSPS) is 13.6. The minimum atomic E-state index is -2.90. The number of pyridine rings is 2. The number of fused-ring (bicyclic) bond motifs is 1. The Kier molecular flexibility index (Phi) is 6.73. The lowest BCUT2D eigenvalue weighted by molar-refractivity contribution is 0.0174. The van der Waals surface area contributed by atoms with Crippen LogP contribution in [0.4, 0.5) is 8.78 Å². The van der Waals surface area contributed by atoms with Crippen LogP contribution in [0.2, 0.25) is 5.02 Å². The molecule has 1 N–H and O–H groups in total. The Labute approximate surface area is 230 Å². The third kappa shape index (κ3) is 4.79. The van der Waals surface area contributed by atoms with E-state index in [1.165, 1.54) is 23.0 Å². The van der Waals surface area contributed by atoms with Gasteiger partial charge in [-0.1, -0.05) is 53.2 Å². The minimum Gasteiger partial charge on any atom is -0.374 e. The SMILES string of the molecule is Cc1ccc(C(O)(c2ccc3nc(C)c(Cc4ccc(C(C)(F)F)cc4)c(Cl)c3c2)c2cnnn2C)c(C)n1. The molecule has 0 saturated heterocycles. The van der Waals surface area contributed by atoms with E-state index in [1.54, 1.807) is 19.2 Å². The first kappa shape index (κ1) is 26.8. The summed E-state index contributed by atoms with van der Waals surface area (Å²) in [5, 5.41) is 21.6. The second kappa shape index (κ2) is 9.77. The summed E-state index contributed by atoms with van der Waals surface area (Å²) in [6, 6.07) is 15.4. The molecule has 0 fully saturated rings. The summed E-state index contributed by atoms with van der Waals surface area (Å²) in [4.78, 5) is 9.35. The number of halogens is 3. The standard InChI is InChI=1S/C30H28ClF2N5O/c1-17-6-12-25(19(3)35-17)30(39,27-16-34-37-38(27)5)22-11-13-26-24(15-22)28(31)23(18(2)36-26)14-20-7-9-21(10-8-20)29(4,32)33/h6-13,15-16,39H,14H2,1-5H3. The van der Waals surface area contributed by atoms with Gasteiger partial charge >= 0.3 is 0 Å². The lowest BCUT2D eigenvalue weighted by Gasteiger charge is -2.30. The zero-order chi connectivity index (χ0) is 28.1. The Bertz CT molecular complexity index is 1690. The van der Waals surface area contributed by atoms with E-state index in [4.69, 9.17) is 16.6 Å². The summed E-state index contributed by atoms with van der Waals surface area (Å²) in [6.07, 6.45) is 1.96. The summed E-state index contributed by atoms with van der Waals surface area (Å²) < 4.78 is 28.9. The van der Waals surface area contributed by atoms with E-state index >= 15 is 0 Å². The van der Waals surface area contributed by atoms with Crippen LogP contribution in [0.1, 0.15) is 57.5 Å². The Morgan fingerprint density at radius 1 is 0.923 bits per heavy atom. The van der Waals surface area contributed by atoms with Crippen molar-refractivity contribution < 1.29 is 13.9 Å². The molecule has 1 unspecified atom stereocenters. The molecule has 0 aliphatic carbocycles. The van der Waals surface area contributed by atoms with E-state index in [0.717, 1.165) is 29.4 Å². The quantitative estimate of drug-likeness (QED) is 0.269. The van der Waals surface area contributed by atoms with Crippen molar-refractivity contribution in [1.29, 1.82) is 0 Å². The maximum absolute atomic E-state index is 13.7. The largest absolute Gasteiger partial charge is 0.374 e. The lowest BCUT2D eigenvalue weighted by atomic mass is 9.82. The van der Waals surface area contributed by atoms with E-state index in [9.17, 15) is 13.9 Å². The Morgan fingerprint density at radius 3 is 2.23 bits per heavy atom. The van der Waals surface area contributed by atoms with Crippen LogP contribution < -0.4 is 0 Å². The highest BCUT2D eigenvalue weighted by atomic mass is 35.5. The number of aryl methyl sites for hydroxylation is 4. The molecule has 0 amide bonds. The van der Waals surface area contributed by atoms with Crippen LogP contribution in [0.5, 0.6) is 0 Å². The second-order valence-corrected chi connectivity index (χ2v) is 10.4. The van der Waals surface area contributed by atoms with Crippen LogP contribution in [0.3, 0.4) is 0 Å². The van der Waals surface area contributed by atoms with Crippen LogP contribution >= 0.6 is 11.6 Å². The van der Waals surface area contributed by atoms with Gasteiger partial charge in [0, 0.05) is 54.0 Å². The molecule has 0 bridgehead atoms. The maximum atomic E-state index is 13.7. The average molecular weight is 548 g/mol. The first-order valence-electron chi connectivity index (χ1n) is 12.5. The number of aromatic nitrogens is 5. The van der Waals surface area contributed by atoms with Crippen molar-refractivity contribution in [2.75, 3.05) is 0 Å². The number of aliphatic hydroxyl groups is 1. The van der Waals surface area contributed by atoms with Crippen molar-refractivity contribution in [2.24, 2.45) is 7.05 Å². The van der Waals surface area contributed by atoms with Crippen LogP contribution in [0.15, 0.2) is 60.8 Å². The molecule has 5 rings (SSSR count). The zero-order valence-electron chi connectivity index (χ0n) is 22.3. The Hall–Kier alpha value is -3.75. The first-order valence-corrected chi connectivity index (χ1v) is 12.9. The number of hydrogen-bond donors (Lipinski definition) is 1. The predicted octanol–water partition coefficient (Wildman–Crippen LogP) is 6.32. The van der Waals surface area contributed by atoms with Crippen molar-refractivity contribution in [3.05, 3.63) is 116 Å². The van der Waals surface area contributed by atoms with Crippen LogP contribution in [-0.2, 0) is 25.0 Å². The maximum Gasteiger partial charge on any atom is 0.270 e. The number of nitrogens with zero attached hydrogens (tertiary/aromatic N) is 5. The Morgan fingerprint density at radius 2 is 1.62 bits per heavy atom. The van der Waals surface area contributed by atoms with E-state index in [2.05, 4.69) is 15.3 Å². The highest BCUT2D eigenvalue weighted by molar-refractivity contribution is 6.36. The molecule has 9 heteroatoms. The smallest absolute Gasteiger partial charge is 0.270 e. The molecule has 200 valence electrons. The molecule has 6 nitrogen and oxygen atoms in total. The molecule has 1 atom stereocenters. The number of alkyl halides is 2. The van der Waals surface area contributed by atoms with Gasteiger partial charge in [-0.15, -0.1) is 5.10 Å². The number of rotatable bonds is 6. The monoisotopic (exact) mass is 547 g/mol. The second-order valence-electron chi connectivity index (χ2n) is 10.0. The summed E-state index contributed by atoms with van der Waals surface area (Å²) in [7, 11) is 1.72. The topological polar surface area (TPSA) is 76.7 Å². The van der Waals surface area contributed by atoms with Gasteiger partial charge in [-0.2, -0.15) is 0 Å². The Balaban J connectivity index is 1.66. The molecule has 0 aliphatic heterocycles. The summed E-state index contributed by atoms with van der Waals surface area (Å²) in [5.41, 5.74) is 4.53. The summed E-state index contributed by atoms with van der Waals surface area (Å²) >= 11 is 6.99. The van der Waals surface area contributed by atoms with Gasteiger partial charge in [-0.3, -0.25) is 9.97 Å². The van der Waals surface area contributed by atoms with E-state index in [0.29, 0.717) is 44.9 Å². The fourth-order valence-electron chi connectivity index (χ4n) is 5.06. The predicted molar refractivity (Wildman–Crippen MR) is 147 cm³/mol. The van der Waals surface area contributed by atoms with Gasteiger partial charge in [0.1, 0.15) is 0 Å². The van der Waals surface area contributed by atoms with E-state index in [-0.39, 0.29) is 5.56 Å². The molecular weight excluding hydrogens is 520 g/mol. The van der Waals surface area contributed by atoms with Crippen molar-refractivity contribution >= 4 is 22.5 Å². The van der Waals surface area contributed by atoms with Gasteiger partial charge in [0.15, 0.2) is 5.60 Å². The summed E-state index contributed by atoms with van der Waals surface area (Å²) in [6.45, 7) is 6.51. The van der Waals surface area contributed by atoms with Gasteiger partial charge in [-0.25, -0.2) is 13.5 Å². The van der Waals surface area contributed by atoms with Gasteiger partial charge in [-0.05, 0) is 55.7 Å². The van der Waals surface area contributed by atoms with Crippen molar-refractivity contribution in [2.45, 2.75) is 45.6 Å². The lowest BCUT2D eigenvalue weighted by Crippen LogP contribution is -2.32.